The lowest BCUT2D eigenvalue weighted by Gasteiger charge is -2.46. The largest absolute Gasteiger partial charge is 0.375 e. The van der Waals surface area contributed by atoms with Crippen molar-refractivity contribution in [3.8, 4) is 22.3 Å². The number of nitrogens with zero attached hydrogens (tertiary/aromatic N) is 2. The van der Waals surface area contributed by atoms with Gasteiger partial charge in [-0.2, -0.15) is 0 Å². The maximum absolute atomic E-state index is 2.88. The molecular formula is C68H63BN2S. The van der Waals surface area contributed by atoms with Crippen molar-refractivity contribution in [2.75, 3.05) is 4.90 Å². The van der Waals surface area contributed by atoms with Crippen molar-refractivity contribution in [1.82, 2.24) is 4.48 Å². The Morgan fingerprint density at radius 1 is 0.528 bits per heavy atom. The second-order valence-electron chi connectivity index (χ2n) is 24.8. The molecule has 4 aliphatic carbocycles. The highest BCUT2D eigenvalue weighted by atomic mass is 32.1. The van der Waals surface area contributed by atoms with Gasteiger partial charge in [0.2, 0.25) is 0 Å². The Hall–Kier alpha value is -6.10. The molecule has 0 unspecified atom stereocenters. The van der Waals surface area contributed by atoms with E-state index in [2.05, 4.69) is 176 Å². The van der Waals surface area contributed by atoms with E-state index in [1.165, 1.54) is 198 Å². The van der Waals surface area contributed by atoms with Gasteiger partial charge in [-0.05, 0) is 171 Å². The minimum Gasteiger partial charge on any atom is -0.375 e. The summed E-state index contributed by atoms with van der Waals surface area (Å²) in [5, 5.41) is 8.31. The molecule has 4 bridgehead atoms. The molecule has 4 heteroatoms. The molecule has 2 aromatic heterocycles. The Labute approximate surface area is 429 Å². The van der Waals surface area contributed by atoms with Gasteiger partial charge in [0.25, 0.3) is 0 Å². The molecule has 2 aliphatic heterocycles. The van der Waals surface area contributed by atoms with Crippen LogP contribution in [0.2, 0.25) is 0 Å². The highest BCUT2D eigenvalue weighted by molar-refractivity contribution is 7.26. The molecule has 0 spiro atoms. The fraction of sp³-hybridized carbons (Fsp3) is 0.324. The zero-order valence-corrected chi connectivity index (χ0v) is 43.1. The minimum atomic E-state index is -0.0162. The third-order valence-electron chi connectivity index (χ3n) is 19.9. The van der Waals surface area contributed by atoms with E-state index in [0.29, 0.717) is 5.41 Å². The first-order valence-corrected chi connectivity index (χ1v) is 28.7. The summed E-state index contributed by atoms with van der Waals surface area (Å²) >= 11 is 1.96. The molecular weight excluding hydrogens is 888 g/mol. The van der Waals surface area contributed by atoms with Crippen molar-refractivity contribution in [3.05, 3.63) is 162 Å². The van der Waals surface area contributed by atoms with E-state index in [9.17, 15) is 0 Å². The van der Waals surface area contributed by atoms with E-state index in [0.717, 1.165) is 11.8 Å². The van der Waals surface area contributed by atoms with Gasteiger partial charge in [-0.25, -0.2) is 0 Å². The highest BCUT2D eigenvalue weighted by Gasteiger charge is 2.47. The molecule has 0 saturated heterocycles. The second-order valence-corrected chi connectivity index (χ2v) is 25.9. The summed E-state index contributed by atoms with van der Waals surface area (Å²) in [6.45, 7) is 7.05. The smallest absolute Gasteiger partial charge is 0.333 e. The summed E-state index contributed by atoms with van der Waals surface area (Å²) in [5.74, 6) is 1.74. The van der Waals surface area contributed by atoms with Gasteiger partial charge in [0.05, 0.1) is 11.4 Å². The molecule has 8 aromatic carbocycles. The van der Waals surface area contributed by atoms with Crippen LogP contribution in [0.4, 0.5) is 17.1 Å². The van der Waals surface area contributed by atoms with Crippen LogP contribution in [0, 0.1) is 11.8 Å². The highest BCUT2D eigenvalue weighted by Crippen LogP contribution is 2.57. The molecule has 354 valence electrons. The van der Waals surface area contributed by atoms with Crippen molar-refractivity contribution in [2.45, 2.75) is 127 Å². The van der Waals surface area contributed by atoms with Gasteiger partial charge in [0, 0.05) is 64.2 Å². The molecule has 4 saturated carbocycles. The minimum absolute atomic E-state index is 0.0129. The van der Waals surface area contributed by atoms with Crippen LogP contribution in [0.5, 0.6) is 0 Å². The van der Waals surface area contributed by atoms with Crippen LogP contribution in [0.15, 0.2) is 146 Å². The van der Waals surface area contributed by atoms with Crippen molar-refractivity contribution in [3.63, 3.8) is 0 Å². The SMILES string of the molecule is CC(C)(C)c1ccc(N2c3cc4c(cc3B3c5c(cc6ccccc6c52)-c2cc(C56CCCC(CCC5)C6)cc5c6cc(C78CCCC(CCC7)C8)ccc6n3c25)sc2ccccc24)c(-c2ccccc2)c1. The first kappa shape index (κ1) is 42.4. The lowest BCUT2D eigenvalue weighted by Crippen LogP contribution is -2.56. The molecule has 0 N–H and O–H groups in total. The monoisotopic (exact) mass is 950 g/mol. The normalized spacial score (nSPS) is 23.3. The summed E-state index contributed by atoms with van der Waals surface area (Å²) in [6.07, 6.45) is 19.2. The molecule has 16 rings (SSSR count). The Bertz CT molecular complexity index is 3900. The van der Waals surface area contributed by atoms with Gasteiger partial charge in [-0.3, -0.25) is 0 Å². The van der Waals surface area contributed by atoms with Crippen molar-refractivity contribution < 1.29 is 0 Å². The van der Waals surface area contributed by atoms with E-state index in [1.54, 1.807) is 11.1 Å². The molecule has 0 amide bonds. The van der Waals surface area contributed by atoms with Crippen molar-refractivity contribution >= 4 is 98.9 Å². The van der Waals surface area contributed by atoms with E-state index in [4.69, 9.17) is 0 Å². The summed E-state index contributed by atoms with van der Waals surface area (Å²) < 4.78 is 5.61. The quantitative estimate of drug-likeness (QED) is 0.160. The molecule has 4 fully saturated rings. The topological polar surface area (TPSA) is 8.17 Å². The fourth-order valence-corrected chi connectivity index (χ4v) is 17.7. The predicted molar refractivity (Wildman–Crippen MR) is 309 cm³/mol. The molecule has 0 radical (unpaired) electrons. The van der Waals surface area contributed by atoms with E-state index in [-0.39, 0.29) is 17.7 Å². The Morgan fingerprint density at radius 2 is 1.21 bits per heavy atom. The Balaban J connectivity index is 1.06. The number of thiophene rings is 1. The lowest BCUT2D eigenvalue weighted by molar-refractivity contribution is 0.149. The first-order chi connectivity index (χ1) is 35.2. The first-order valence-electron chi connectivity index (χ1n) is 27.9. The van der Waals surface area contributed by atoms with Gasteiger partial charge in [-0.15, -0.1) is 11.3 Å². The van der Waals surface area contributed by atoms with Gasteiger partial charge in [0.1, 0.15) is 0 Å². The molecule has 2 nitrogen and oxygen atoms in total. The van der Waals surface area contributed by atoms with Gasteiger partial charge in [0.15, 0.2) is 0 Å². The standard InChI is InChI=1S/C68H63BN2S/c1-66(2,3)46-25-27-58(51(34-46)44-19-5-4-6-20-44)70-60-38-53-50-23-9-10-24-61(50)72-62(53)39-57(60)69-63-54(33-45-21-7-8-22-49(45)65(63)70)56-37-48(68-31-13-17-43(41-68)18-14-32-68)36-55-52-35-47(26-28-59(52)71(69)64(55)56)67-29-11-15-42(40-67)16-12-30-67/h4-10,19-28,33-39,42-43H,11-18,29-32,40-41H2,1-3H3. The van der Waals surface area contributed by atoms with Gasteiger partial charge in [-0.1, -0.05) is 157 Å². The lowest BCUT2D eigenvalue weighted by atomic mass is 9.44. The molecule has 4 heterocycles. The average molecular weight is 951 g/mol. The van der Waals surface area contributed by atoms with E-state index in [1.807, 2.05) is 11.3 Å². The van der Waals surface area contributed by atoms with Crippen LogP contribution in [0.1, 0.15) is 127 Å². The number of hydrogen-bond donors (Lipinski definition) is 0. The maximum Gasteiger partial charge on any atom is 0.333 e. The zero-order valence-electron chi connectivity index (χ0n) is 42.3. The number of anilines is 3. The molecule has 72 heavy (non-hydrogen) atoms. The van der Waals surface area contributed by atoms with E-state index < -0.39 is 0 Å². The van der Waals surface area contributed by atoms with Crippen LogP contribution < -0.4 is 15.8 Å². The van der Waals surface area contributed by atoms with Crippen LogP contribution in [0.25, 0.3) is 75.0 Å². The number of aromatic nitrogens is 1. The van der Waals surface area contributed by atoms with E-state index >= 15 is 0 Å². The van der Waals surface area contributed by atoms with Gasteiger partial charge < -0.3 is 9.38 Å². The van der Waals surface area contributed by atoms with Crippen LogP contribution in [-0.4, -0.2) is 11.3 Å². The third-order valence-corrected chi connectivity index (χ3v) is 21.0. The third kappa shape index (κ3) is 5.96. The molecule has 0 atom stereocenters. The number of hydrogen-bond acceptors (Lipinski definition) is 2. The molecule has 6 aliphatic rings. The molecule has 10 aromatic rings. The zero-order chi connectivity index (χ0) is 47.7. The Kier molecular flexibility index (Phi) is 8.97. The Morgan fingerprint density at radius 3 is 1.96 bits per heavy atom. The summed E-state index contributed by atoms with van der Waals surface area (Å²) in [6, 6.07) is 58.5. The summed E-state index contributed by atoms with van der Waals surface area (Å²) in [4.78, 5) is 2.75. The van der Waals surface area contributed by atoms with Gasteiger partial charge >= 0.3 is 6.85 Å². The van der Waals surface area contributed by atoms with Crippen molar-refractivity contribution in [2.24, 2.45) is 11.8 Å². The fourth-order valence-electron chi connectivity index (χ4n) is 16.6. The second kappa shape index (κ2) is 15.2. The number of fused-ring (bicyclic) bond motifs is 16. The maximum atomic E-state index is 2.88. The van der Waals surface area contributed by atoms with Crippen LogP contribution >= 0.6 is 11.3 Å². The average Bonchev–Trinajstić information content (AvgIpc) is 3.95. The summed E-state index contributed by atoms with van der Waals surface area (Å²) in [5.41, 5.74) is 20.1. The van der Waals surface area contributed by atoms with Crippen LogP contribution in [-0.2, 0) is 16.2 Å². The predicted octanol–water partition coefficient (Wildman–Crippen LogP) is 17.9. The van der Waals surface area contributed by atoms with Crippen LogP contribution in [0.3, 0.4) is 0 Å². The van der Waals surface area contributed by atoms with Crippen molar-refractivity contribution in [1.29, 1.82) is 0 Å². The number of rotatable bonds is 4. The summed E-state index contributed by atoms with van der Waals surface area (Å²) in [7, 11) is 0. The number of benzene rings is 8.